The zero-order valence-electron chi connectivity index (χ0n) is 15.4. The molecule has 0 radical (unpaired) electrons. The van der Waals surface area contributed by atoms with E-state index in [-0.39, 0.29) is 12.3 Å². The van der Waals surface area contributed by atoms with E-state index in [4.69, 9.17) is 27.9 Å². The van der Waals surface area contributed by atoms with Crippen molar-refractivity contribution in [3.63, 3.8) is 0 Å². The molecule has 152 valence electrons. The van der Waals surface area contributed by atoms with E-state index in [0.29, 0.717) is 26.9 Å². The largest absolute Gasteiger partial charge is 0.489 e. The highest BCUT2D eigenvalue weighted by atomic mass is 35.5. The van der Waals surface area contributed by atoms with Gasteiger partial charge < -0.3 is 4.74 Å². The number of amides is 1. The Morgan fingerprint density at radius 1 is 1.10 bits per heavy atom. The van der Waals surface area contributed by atoms with Crippen molar-refractivity contribution < 1.29 is 14.5 Å². The van der Waals surface area contributed by atoms with Gasteiger partial charge in [0.2, 0.25) is 0 Å². The normalized spacial score (nSPS) is 10.7. The van der Waals surface area contributed by atoms with Crippen LogP contribution in [0.4, 0.5) is 5.69 Å². The molecule has 30 heavy (non-hydrogen) atoms. The molecule has 0 spiro atoms. The van der Waals surface area contributed by atoms with E-state index < -0.39 is 10.8 Å². The molecule has 0 atom stereocenters. The number of carbonyl (C=O) groups is 1. The maximum atomic E-state index is 12.2. The molecule has 9 heteroatoms. The molecular formula is C21H15Cl2N3O4. The molecule has 0 aromatic heterocycles. The van der Waals surface area contributed by atoms with E-state index in [0.717, 1.165) is 5.56 Å². The van der Waals surface area contributed by atoms with Gasteiger partial charge in [0.15, 0.2) is 0 Å². The Kier molecular flexibility index (Phi) is 7.00. The van der Waals surface area contributed by atoms with Crippen LogP contribution in [0.3, 0.4) is 0 Å². The van der Waals surface area contributed by atoms with Crippen molar-refractivity contribution in [3.05, 3.63) is 104 Å². The molecule has 3 rings (SSSR count). The number of nitro groups is 1. The number of ether oxygens (including phenoxy) is 1. The van der Waals surface area contributed by atoms with E-state index in [1.165, 1.54) is 24.4 Å². The molecule has 3 aromatic carbocycles. The first kappa shape index (κ1) is 21.3. The molecule has 0 aliphatic rings. The summed E-state index contributed by atoms with van der Waals surface area (Å²) in [4.78, 5) is 22.4. The number of halogens is 2. The summed E-state index contributed by atoms with van der Waals surface area (Å²) in [7, 11) is 0. The predicted molar refractivity (Wildman–Crippen MR) is 115 cm³/mol. The topological polar surface area (TPSA) is 93.8 Å². The van der Waals surface area contributed by atoms with E-state index in [9.17, 15) is 14.9 Å². The fourth-order valence-corrected chi connectivity index (χ4v) is 2.91. The number of benzene rings is 3. The summed E-state index contributed by atoms with van der Waals surface area (Å²) < 4.78 is 5.67. The van der Waals surface area contributed by atoms with Crippen LogP contribution in [0.2, 0.25) is 10.0 Å². The van der Waals surface area contributed by atoms with Gasteiger partial charge in [-0.2, -0.15) is 5.10 Å². The average Bonchev–Trinajstić information content (AvgIpc) is 2.73. The van der Waals surface area contributed by atoms with E-state index >= 15 is 0 Å². The summed E-state index contributed by atoms with van der Waals surface area (Å²) in [6.07, 6.45) is 1.33. The Labute approximate surface area is 182 Å². The average molecular weight is 444 g/mol. The third kappa shape index (κ3) is 5.79. The molecule has 0 aliphatic heterocycles. The third-order valence-corrected chi connectivity index (χ3v) is 4.57. The minimum absolute atomic E-state index is 0.0549. The van der Waals surface area contributed by atoms with Crippen molar-refractivity contribution in [3.8, 4) is 5.75 Å². The molecule has 0 unspecified atom stereocenters. The smallest absolute Gasteiger partial charge is 0.271 e. The van der Waals surface area contributed by atoms with Gasteiger partial charge in [0.05, 0.1) is 11.1 Å². The highest BCUT2D eigenvalue weighted by Crippen LogP contribution is 2.23. The highest BCUT2D eigenvalue weighted by Gasteiger charge is 2.07. The van der Waals surface area contributed by atoms with Crippen molar-refractivity contribution in [2.24, 2.45) is 5.10 Å². The van der Waals surface area contributed by atoms with Gasteiger partial charge in [0.25, 0.3) is 11.6 Å². The highest BCUT2D eigenvalue weighted by molar-refractivity contribution is 6.35. The van der Waals surface area contributed by atoms with Crippen molar-refractivity contribution in [1.82, 2.24) is 5.43 Å². The molecule has 0 aliphatic carbocycles. The van der Waals surface area contributed by atoms with Crippen LogP contribution in [0.5, 0.6) is 5.75 Å². The summed E-state index contributed by atoms with van der Waals surface area (Å²) in [5, 5.41) is 15.7. The predicted octanol–water partition coefficient (Wildman–Crippen LogP) is 5.24. The lowest BCUT2D eigenvalue weighted by molar-refractivity contribution is -0.384. The number of carbonyl (C=O) groups excluding carboxylic acids is 1. The second kappa shape index (κ2) is 9.87. The number of non-ortho nitro benzene ring substituents is 1. The van der Waals surface area contributed by atoms with E-state index in [2.05, 4.69) is 10.5 Å². The zero-order valence-corrected chi connectivity index (χ0v) is 16.9. The van der Waals surface area contributed by atoms with Crippen molar-refractivity contribution in [2.45, 2.75) is 6.61 Å². The molecular weight excluding hydrogens is 429 g/mol. The number of nitro benzene ring substituents is 1. The van der Waals surface area contributed by atoms with Crippen LogP contribution in [0, 0.1) is 10.1 Å². The first-order valence-corrected chi connectivity index (χ1v) is 9.42. The van der Waals surface area contributed by atoms with Gasteiger partial charge in [0.1, 0.15) is 12.4 Å². The molecule has 0 heterocycles. The second-order valence-electron chi connectivity index (χ2n) is 6.10. The van der Waals surface area contributed by atoms with E-state index in [1.54, 1.807) is 48.5 Å². The van der Waals surface area contributed by atoms with Crippen LogP contribution >= 0.6 is 23.2 Å². The number of rotatable bonds is 7. The van der Waals surface area contributed by atoms with Crippen molar-refractivity contribution in [1.29, 1.82) is 0 Å². The molecule has 7 nitrogen and oxygen atoms in total. The van der Waals surface area contributed by atoms with Gasteiger partial charge in [-0.25, -0.2) is 5.43 Å². The fourth-order valence-electron chi connectivity index (χ4n) is 2.45. The van der Waals surface area contributed by atoms with Crippen LogP contribution in [0.1, 0.15) is 21.5 Å². The fraction of sp³-hybridized carbons (Fsp3) is 0.0476. The van der Waals surface area contributed by atoms with Gasteiger partial charge in [0, 0.05) is 38.9 Å². The Hall–Kier alpha value is -3.42. The number of hydrogen-bond donors (Lipinski definition) is 1. The van der Waals surface area contributed by atoms with Crippen LogP contribution in [0.25, 0.3) is 0 Å². The number of nitrogens with one attached hydrogen (secondary N) is 1. The minimum atomic E-state index is -0.500. The minimum Gasteiger partial charge on any atom is -0.489 e. The Balaban J connectivity index is 1.55. The monoisotopic (exact) mass is 443 g/mol. The maximum Gasteiger partial charge on any atom is 0.271 e. The zero-order chi connectivity index (χ0) is 21.5. The van der Waals surface area contributed by atoms with Crippen LogP contribution in [0.15, 0.2) is 71.8 Å². The molecule has 1 N–H and O–H groups in total. The number of nitrogens with zero attached hydrogens (tertiary/aromatic N) is 2. The summed E-state index contributed by atoms with van der Waals surface area (Å²) >= 11 is 12.0. The Morgan fingerprint density at radius 2 is 1.87 bits per heavy atom. The summed E-state index contributed by atoms with van der Waals surface area (Å²) in [6, 6.07) is 17.6. The van der Waals surface area contributed by atoms with Gasteiger partial charge in [-0.1, -0.05) is 41.4 Å². The number of hydrogen-bond acceptors (Lipinski definition) is 5. The molecule has 0 saturated carbocycles. The van der Waals surface area contributed by atoms with E-state index in [1.807, 2.05) is 0 Å². The standard InChI is InChI=1S/C21H15Cl2N3O4/c22-17-7-4-16(20(23)11-17)13-30-19-8-5-15(6-9-19)21(27)25-24-12-14-2-1-3-18(10-14)26(28)29/h1-12H,13H2,(H,25,27)/b24-12+. The Bertz CT molecular complexity index is 1100. The van der Waals surface area contributed by atoms with Crippen LogP contribution in [-0.2, 0) is 6.61 Å². The molecule has 0 bridgehead atoms. The van der Waals surface area contributed by atoms with Gasteiger partial charge in [-0.05, 0) is 36.4 Å². The van der Waals surface area contributed by atoms with Gasteiger partial charge in [-0.3, -0.25) is 14.9 Å². The van der Waals surface area contributed by atoms with Crippen LogP contribution in [-0.4, -0.2) is 17.0 Å². The summed E-state index contributed by atoms with van der Waals surface area (Å²) in [6.45, 7) is 0.259. The molecule has 1 amide bonds. The van der Waals surface area contributed by atoms with Crippen molar-refractivity contribution >= 4 is 41.0 Å². The first-order chi connectivity index (χ1) is 14.4. The second-order valence-corrected chi connectivity index (χ2v) is 6.94. The Morgan fingerprint density at radius 3 is 2.57 bits per heavy atom. The molecule has 0 saturated heterocycles. The quantitative estimate of drug-likeness (QED) is 0.306. The lowest BCUT2D eigenvalue weighted by atomic mass is 10.2. The van der Waals surface area contributed by atoms with Crippen LogP contribution < -0.4 is 10.2 Å². The van der Waals surface area contributed by atoms with Gasteiger partial charge in [-0.15, -0.1) is 0 Å². The summed E-state index contributed by atoms with van der Waals surface area (Å²) in [5.74, 6) is 0.140. The first-order valence-electron chi connectivity index (χ1n) is 8.67. The number of hydrazone groups is 1. The lowest BCUT2D eigenvalue weighted by Crippen LogP contribution is -2.17. The summed E-state index contributed by atoms with van der Waals surface area (Å²) in [5.41, 5.74) is 3.98. The lowest BCUT2D eigenvalue weighted by Gasteiger charge is -2.08. The van der Waals surface area contributed by atoms with Gasteiger partial charge >= 0.3 is 0 Å². The molecule has 3 aromatic rings. The SMILES string of the molecule is O=C(N/N=C/c1cccc([N+](=O)[O-])c1)c1ccc(OCc2ccc(Cl)cc2Cl)cc1. The maximum absolute atomic E-state index is 12.2. The van der Waals surface area contributed by atoms with Crippen molar-refractivity contribution in [2.75, 3.05) is 0 Å². The molecule has 0 fully saturated rings. The third-order valence-electron chi connectivity index (χ3n) is 3.99.